The van der Waals surface area contributed by atoms with Crippen LogP contribution in [-0.2, 0) is 27.4 Å². The number of nitrogens with one attached hydrogen (secondary N) is 1. The van der Waals surface area contributed by atoms with Crippen LogP contribution in [0.2, 0.25) is 0 Å². The molecule has 150 valence electrons. The summed E-state index contributed by atoms with van der Waals surface area (Å²) >= 11 is 0. The average molecular weight is 386 g/mol. The van der Waals surface area contributed by atoms with Crippen molar-refractivity contribution in [1.82, 2.24) is 10.3 Å². The third-order valence-electron chi connectivity index (χ3n) is 3.90. The molecule has 1 amide bonds. The van der Waals surface area contributed by atoms with E-state index in [9.17, 15) is 9.59 Å². The number of rotatable bonds is 9. The van der Waals surface area contributed by atoms with Crippen molar-refractivity contribution in [3.05, 3.63) is 65.0 Å². The second-order valence-electron chi connectivity index (χ2n) is 6.75. The van der Waals surface area contributed by atoms with Gasteiger partial charge in [-0.3, -0.25) is 9.78 Å². The molecule has 7 heteroatoms. The Bertz CT molecular complexity index is 790. The molecule has 2 rings (SSSR count). The lowest BCUT2D eigenvalue weighted by Crippen LogP contribution is -2.23. The highest BCUT2D eigenvalue weighted by molar-refractivity contribution is 5.68. The number of ether oxygens (including phenoxy) is 2. The van der Waals surface area contributed by atoms with Crippen molar-refractivity contribution in [2.45, 2.75) is 52.6 Å². The fourth-order valence-corrected chi connectivity index (χ4v) is 2.59. The lowest BCUT2D eigenvalue weighted by Gasteiger charge is -2.20. The zero-order chi connectivity index (χ0) is 20.5. The van der Waals surface area contributed by atoms with Gasteiger partial charge in [0.1, 0.15) is 6.61 Å². The molecule has 0 aliphatic rings. The normalized spacial score (nSPS) is 11.9. The average Bonchev–Trinajstić information content (AvgIpc) is 2.65. The predicted octanol–water partition coefficient (Wildman–Crippen LogP) is 3.76. The van der Waals surface area contributed by atoms with Gasteiger partial charge in [-0.1, -0.05) is 30.3 Å². The first-order valence-corrected chi connectivity index (χ1v) is 9.11. The van der Waals surface area contributed by atoms with E-state index < -0.39 is 18.2 Å². The van der Waals surface area contributed by atoms with Gasteiger partial charge in [-0.05, 0) is 38.0 Å². The van der Waals surface area contributed by atoms with Crippen LogP contribution >= 0.6 is 0 Å². The molecule has 0 aliphatic heterocycles. The Morgan fingerprint density at radius 2 is 1.96 bits per heavy atom. The minimum atomic E-state index is -0.927. The standard InChI is InChI=1S/C21H26N2O5/c1-14(2)28-19(10-20(24)25)18-6-4-5-16(9-18)11-23-21(26)27-13-17-8-7-15(3)22-12-17/h4-9,12,14,19H,10-11,13H2,1-3H3,(H,23,26)(H,24,25)/t19-/m0/s1. The van der Waals surface area contributed by atoms with Crippen LogP contribution in [0.5, 0.6) is 0 Å². The Hall–Kier alpha value is -2.93. The topological polar surface area (TPSA) is 97.8 Å². The molecule has 0 saturated carbocycles. The summed E-state index contributed by atoms with van der Waals surface area (Å²) in [5.74, 6) is -0.927. The fraction of sp³-hybridized carbons (Fsp3) is 0.381. The zero-order valence-corrected chi connectivity index (χ0v) is 16.3. The number of pyridine rings is 1. The molecule has 0 unspecified atom stereocenters. The summed E-state index contributed by atoms with van der Waals surface area (Å²) < 4.78 is 10.9. The van der Waals surface area contributed by atoms with Crippen LogP contribution < -0.4 is 5.32 Å². The lowest BCUT2D eigenvalue weighted by atomic mass is 10.0. The van der Waals surface area contributed by atoms with Gasteiger partial charge in [-0.15, -0.1) is 0 Å². The molecule has 2 N–H and O–H groups in total. The molecule has 0 bridgehead atoms. The van der Waals surface area contributed by atoms with Crippen molar-refractivity contribution in [2.24, 2.45) is 0 Å². The summed E-state index contributed by atoms with van der Waals surface area (Å²) in [6.07, 6.45) is 0.368. The maximum atomic E-state index is 11.9. The molecule has 28 heavy (non-hydrogen) atoms. The molecule has 0 fully saturated rings. The van der Waals surface area contributed by atoms with Gasteiger partial charge in [0.15, 0.2) is 0 Å². The molecule has 7 nitrogen and oxygen atoms in total. The van der Waals surface area contributed by atoms with Gasteiger partial charge in [-0.2, -0.15) is 0 Å². The number of hydrogen-bond acceptors (Lipinski definition) is 5. The number of amides is 1. The van der Waals surface area contributed by atoms with Gasteiger partial charge < -0.3 is 19.9 Å². The number of alkyl carbamates (subject to hydrolysis) is 1. The van der Waals surface area contributed by atoms with Crippen molar-refractivity contribution in [2.75, 3.05) is 0 Å². The number of hydrogen-bond donors (Lipinski definition) is 2. The number of aromatic nitrogens is 1. The third kappa shape index (κ3) is 7.36. The SMILES string of the molecule is Cc1ccc(COC(=O)NCc2cccc([C@H](CC(=O)O)OC(C)C)c2)cn1. The van der Waals surface area contributed by atoms with Crippen LogP contribution in [0.3, 0.4) is 0 Å². The summed E-state index contributed by atoms with van der Waals surface area (Å²) in [6, 6.07) is 11.0. The largest absolute Gasteiger partial charge is 0.481 e. The van der Waals surface area contributed by atoms with E-state index in [1.54, 1.807) is 6.20 Å². The maximum absolute atomic E-state index is 11.9. The number of aliphatic carboxylic acids is 1. The Labute approximate surface area is 164 Å². The van der Waals surface area contributed by atoms with E-state index in [0.717, 1.165) is 22.4 Å². The molecule has 0 radical (unpaired) electrons. The van der Waals surface area contributed by atoms with Crippen LogP contribution in [0.1, 0.15) is 48.8 Å². The van der Waals surface area contributed by atoms with Crippen LogP contribution in [-0.4, -0.2) is 28.3 Å². The van der Waals surface area contributed by atoms with Crippen LogP contribution in [0.15, 0.2) is 42.6 Å². The number of carboxylic acid groups (broad SMARTS) is 1. The molecule has 0 saturated heterocycles. The molecule has 1 aromatic heterocycles. The highest BCUT2D eigenvalue weighted by Crippen LogP contribution is 2.24. The van der Waals surface area contributed by atoms with E-state index in [0.29, 0.717) is 0 Å². The Kier molecular flexibility index (Phi) is 7.95. The van der Waals surface area contributed by atoms with Crippen molar-refractivity contribution >= 4 is 12.1 Å². The Balaban J connectivity index is 1.91. The van der Waals surface area contributed by atoms with E-state index in [1.807, 2.05) is 57.2 Å². The number of carbonyl (C=O) groups excluding carboxylic acids is 1. The quantitative estimate of drug-likeness (QED) is 0.681. The molecule has 2 aromatic rings. The molecular weight excluding hydrogens is 360 g/mol. The smallest absolute Gasteiger partial charge is 0.407 e. The first-order chi connectivity index (χ1) is 13.3. The number of nitrogens with zero attached hydrogens (tertiary/aromatic N) is 1. The summed E-state index contributed by atoms with van der Waals surface area (Å²) in [7, 11) is 0. The number of carboxylic acids is 1. The Morgan fingerprint density at radius 1 is 1.18 bits per heavy atom. The van der Waals surface area contributed by atoms with E-state index >= 15 is 0 Å². The van der Waals surface area contributed by atoms with E-state index in [4.69, 9.17) is 14.6 Å². The fourth-order valence-electron chi connectivity index (χ4n) is 2.59. The van der Waals surface area contributed by atoms with Gasteiger partial charge in [-0.25, -0.2) is 4.79 Å². The van der Waals surface area contributed by atoms with Crippen molar-refractivity contribution in [3.63, 3.8) is 0 Å². The third-order valence-corrected chi connectivity index (χ3v) is 3.90. The molecular formula is C21H26N2O5. The summed E-state index contributed by atoms with van der Waals surface area (Å²) in [4.78, 5) is 27.2. The van der Waals surface area contributed by atoms with Crippen molar-refractivity contribution < 1.29 is 24.2 Å². The van der Waals surface area contributed by atoms with Gasteiger partial charge >= 0.3 is 12.1 Å². The van der Waals surface area contributed by atoms with Crippen LogP contribution in [0, 0.1) is 6.92 Å². The van der Waals surface area contributed by atoms with Crippen LogP contribution in [0.25, 0.3) is 0 Å². The van der Waals surface area contributed by atoms with Gasteiger partial charge in [0.25, 0.3) is 0 Å². The summed E-state index contributed by atoms with van der Waals surface area (Å²) in [5.41, 5.74) is 3.30. The minimum absolute atomic E-state index is 0.0997. The zero-order valence-electron chi connectivity index (χ0n) is 16.3. The molecule has 1 atom stereocenters. The van der Waals surface area contributed by atoms with E-state index in [2.05, 4.69) is 10.3 Å². The number of aryl methyl sites for hydroxylation is 1. The highest BCUT2D eigenvalue weighted by Gasteiger charge is 2.18. The monoisotopic (exact) mass is 386 g/mol. The summed E-state index contributed by atoms with van der Waals surface area (Å²) in [5, 5.41) is 11.8. The van der Waals surface area contributed by atoms with Gasteiger partial charge in [0, 0.05) is 24.0 Å². The second-order valence-corrected chi connectivity index (χ2v) is 6.75. The highest BCUT2D eigenvalue weighted by atomic mass is 16.5. The number of benzene rings is 1. The van der Waals surface area contributed by atoms with E-state index in [1.165, 1.54) is 0 Å². The second kappa shape index (κ2) is 10.4. The minimum Gasteiger partial charge on any atom is -0.481 e. The molecule has 1 heterocycles. The first-order valence-electron chi connectivity index (χ1n) is 9.11. The first kappa shape index (κ1) is 21.4. The van der Waals surface area contributed by atoms with Gasteiger partial charge in [0.05, 0.1) is 18.6 Å². The molecule has 0 spiro atoms. The van der Waals surface area contributed by atoms with Crippen molar-refractivity contribution in [3.8, 4) is 0 Å². The summed E-state index contributed by atoms with van der Waals surface area (Å²) in [6.45, 7) is 6.01. The molecule has 0 aliphatic carbocycles. The molecule has 1 aromatic carbocycles. The van der Waals surface area contributed by atoms with Crippen molar-refractivity contribution in [1.29, 1.82) is 0 Å². The predicted molar refractivity (Wildman–Crippen MR) is 104 cm³/mol. The number of carbonyl (C=O) groups is 2. The Morgan fingerprint density at radius 3 is 2.61 bits per heavy atom. The maximum Gasteiger partial charge on any atom is 0.407 e. The van der Waals surface area contributed by atoms with Gasteiger partial charge in [0.2, 0.25) is 0 Å². The lowest BCUT2D eigenvalue weighted by molar-refractivity contribution is -0.141. The van der Waals surface area contributed by atoms with E-state index in [-0.39, 0.29) is 25.7 Å². The van der Waals surface area contributed by atoms with Crippen LogP contribution in [0.4, 0.5) is 4.79 Å².